The minimum absolute atomic E-state index is 0.0699. The molecule has 0 radical (unpaired) electrons. The number of urea groups is 1. The van der Waals surface area contributed by atoms with Gasteiger partial charge in [0, 0.05) is 13.1 Å². The molecule has 0 saturated carbocycles. The lowest BCUT2D eigenvalue weighted by atomic mass is 9.90. The monoisotopic (exact) mass is 371 g/mol. The Morgan fingerprint density at radius 2 is 1.81 bits per heavy atom. The van der Waals surface area contributed by atoms with E-state index in [1.807, 2.05) is 6.92 Å². The summed E-state index contributed by atoms with van der Waals surface area (Å²) in [5, 5.41) is 2.93. The third kappa shape index (κ3) is 4.89. The summed E-state index contributed by atoms with van der Waals surface area (Å²) in [6.45, 7) is 8.44. The number of imide groups is 1. The van der Waals surface area contributed by atoms with E-state index in [0.29, 0.717) is 24.9 Å². The maximum absolute atomic E-state index is 12.8. The highest BCUT2D eigenvalue weighted by Gasteiger charge is 2.47. The van der Waals surface area contributed by atoms with Crippen molar-refractivity contribution in [3.05, 3.63) is 35.9 Å². The Kier molecular flexibility index (Phi) is 6.20. The number of nitrogens with one attached hydrogen (secondary N) is 1. The fourth-order valence-electron chi connectivity index (χ4n) is 4.10. The molecule has 2 fully saturated rings. The molecule has 0 bridgehead atoms. The first-order valence-electron chi connectivity index (χ1n) is 10.3. The molecule has 148 valence electrons. The predicted octanol–water partition coefficient (Wildman–Crippen LogP) is 3.65. The first kappa shape index (κ1) is 19.9. The van der Waals surface area contributed by atoms with Crippen LogP contribution in [0.25, 0.3) is 0 Å². The SMILES string of the molecule is CC(C)CC[C@@]1(C)NC(=O)N(CN2CCC(Cc3ccccc3)CC2)C1=O. The quantitative estimate of drug-likeness (QED) is 0.745. The summed E-state index contributed by atoms with van der Waals surface area (Å²) in [5.74, 6) is 1.13. The second-order valence-corrected chi connectivity index (χ2v) is 8.82. The van der Waals surface area contributed by atoms with Crippen LogP contribution < -0.4 is 5.32 Å². The van der Waals surface area contributed by atoms with Gasteiger partial charge in [-0.2, -0.15) is 0 Å². The van der Waals surface area contributed by atoms with Gasteiger partial charge in [0.2, 0.25) is 0 Å². The summed E-state index contributed by atoms with van der Waals surface area (Å²) in [6, 6.07) is 10.4. The summed E-state index contributed by atoms with van der Waals surface area (Å²) in [7, 11) is 0. The lowest BCUT2D eigenvalue weighted by molar-refractivity contribution is -0.132. The highest BCUT2D eigenvalue weighted by atomic mass is 16.2. The third-order valence-electron chi connectivity index (χ3n) is 5.98. The zero-order valence-electron chi connectivity index (χ0n) is 16.9. The number of likely N-dealkylation sites (tertiary alicyclic amines) is 1. The van der Waals surface area contributed by atoms with Crippen LogP contribution in [-0.4, -0.2) is 47.0 Å². The summed E-state index contributed by atoms with van der Waals surface area (Å²) in [5.41, 5.74) is 0.651. The number of hydrogen-bond acceptors (Lipinski definition) is 3. The van der Waals surface area contributed by atoms with Crippen LogP contribution in [0.2, 0.25) is 0 Å². The lowest BCUT2D eigenvalue weighted by Crippen LogP contribution is -2.47. The van der Waals surface area contributed by atoms with Gasteiger partial charge in [0.1, 0.15) is 5.54 Å². The maximum atomic E-state index is 12.8. The number of hydrogen-bond donors (Lipinski definition) is 1. The van der Waals surface area contributed by atoms with Crippen LogP contribution in [0.1, 0.15) is 52.0 Å². The van der Waals surface area contributed by atoms with Crippen molar-refractivity contribution in [3.63, 3.8) is 0 Å². The van der Waals surface area contributed by atoms with Gasteiger partial charge in [0.05, 0.1) is 6.67 Å². The summed E-state index contributed by atoms with van der Waals surface area (Å²) < 4.78 is 0. The van der Waals surface area contributed by atoms with E-state index < -0.39 is 5.54 Å². The molecule has 0 spiro atoms. The Labute approximate surface area is 163 Å². The minimum atomic E-state index is -0.743. The molecular formula is C22H33N3O2. The topological polar surface area (TPSA) is 52.7 Å². The molecule has 5 heteroatoms. The van der Waals surface area contributed by atoms with Crippen molar-refractivity contribution in [2.45, 2.75) is 58.4 Å². The number of piperidine rings is 1. The summed E-state index contributed by atoms with van der Waals surface area (Å²) >= 11 is 0. The lowest BCUT2D eigenvalue weighted by Gasteiger charge is -2.34. The van der Waals surface area contributed by atoms with E-state index in [9.17, 15) is 9.59 Å². The Hall–Kier alpha value is -1.88. The van der Waals surface area contributed by atoms with Crippen LogP contribution in [0.3, 0.4) is 0 Å². The average molecular weight is 372 g/mol. The molecule has 3 rings (SSSR count). The predicted molar refractivity (Wildman–Crippen MR) is 107 cm³/mol. The van der Waals surface area contributed by atoms with E-state index in [1.165, 1.54) is 10.5 Å². The van der Waals surface area contributed by atoms with Gasteiger partial charge in [-0.3, -0.25) is 9.69 Å². The Morgan fingerprint density at radius 1 is 1.15 bits per heavy atom. The maximum Gasteiger partial charge on any atom is 0.326 e. The Balaban J connectivity index is 1.50. The summed E-state index contributed by atoms with van der Waals surface area (Å²) in [4.78, 5) is 28.9. The fourth-order valence-corrected chi connectivity index (χ4v) is 4.10. The molecule has 1 N–H and O–H groups in total. The average Bonchev–Trinajstić information content (AvgIpc) is 2.86. The molecule has 0 aliphatic carbocycles. The van der Waals surface area contributed by atoms with Crippen LogP contribution in [0.5, 0.6) is 0 Å². The molecule has 1 aromatic rings. The van der Waals surface area contributed by atoms with Crippen molar-refractivity contribution in [2.75, 3.05) is 19.8 Å². The molecule has 2 saturated heterocycles. The molecule has 2 aliphatic heterocycles. The van der Waals surface area contributed by atoms with Gasteiger partial charge < -0.3 is 5.32 Å². The first-order chi connectivity index (χ1) is 12.9. The summed E-state index contributed by atoms with van der Waals surface area (Å²) in [6.07, 6.45) is 4.98. The third-order valence-corrected chi connectivity index (χ3v) is 5.98. The Bertz CT molecular complexity index is 653. The van der Waals surface area contributed by atoms with Crippen molar-refractivity contribution in [1.29, 1.82) is 0 Å². The second-order valence-electron chi connectivity index (χ2n) is 8.82. The van der Waals surface area contributed by atoms with Gasteiger partial charge in [-0.05, 0) is 56.4 Å². The highest BCUT2D eigenvalue weighted by Crippen LogP contribution is 2.26. The second kappa shape index (κ2) is 8.42. The number of carbonyl (C=O) groups excluding carboxylic acids is 2. The molecule has 2 aliphatic rings. The van der Waals surface area contributed by atoms with Crippen LogP contribution >= 0.6 is 0 Å². The normalized spacial score (nSPS) is 24.7. The number of rotatable bonds is 7. The van der Waals surface area contributed by atoms with E-state index >= 15 is 0 Å². The van der Waals surface area contributed by atoms with Crippen molar-refractivity contribution < 1.29 is 9.59 Å². The molecule has 0 unspecified atom stereocenters. The molecule has 5 nitrogen and oxygen atoms in total. The van der Waals surface area contributed by atoms with Crippen LogP contribution in [0, 0.1) is 11.8 Å². The number of carbonyl (C=O) groups is 2. The van der Waals surface area contributed by atoms with Gasteiger partial charge in [-0.25, -0.2) is 9.69 Å². The van der Waals surface area contributed by atoms with Crippen molar-refractivity contribution >= 4 is 11.9 Å². The molecular weight excluding hydrogens is 338 g/mol. The molecule has 3 amide bonds. The zero-order chi connectivity index (χ0) is 19.4. The van der Waals surface area contributed by atoms with Crippen LogP contribution in [-0.2, 0) is 11.2 Å². The molecule has 1 atom stereocenters. The standard InChI is InChI=1S/C22H33N3O2/c1-17(2)9-12-22(3)20(26)25(21(27)23-22)16-24-13-10-19(11-14-24)15-18-7-5-4-6-8-18/h4-8,17,19H,9-16H2,1-3H3,(H,23,27)/t22-/m1/s1. The Morgan fingerprint density at radius 3 is 2.44 bits per heavy atom. The number of benzene rings is 1. The smallest absolute Gasteiger partial charge is 0.323 e. The van der Waals surface area contributed by atoms with Gasteiger partial charge in [-0.1, -0.05) is 44.2 Å². The number of nitrogens with zero attached hydrogens (tertiary/aromatic N) is 2. The van der Waals surface area contributed by atoms with Crippen molar-refractivity contribution in [2.24, 2.45) is 11.8 Å². The molecule has 27 heavy (non-hydrogen) atoms. The van der Waals surface area contributed by atoms with E-state index in [2.05, 4.69) is 54.4 Å². The fraction of sp³-hybridized carbons (Fsp3) is 0.636. The van der Waals surface area contributed by atoms with Gasteiger partial charge in [0.15, 0.2) is 0 Å². The van der Waals surface area contributed by atoms with Gasteiger partial charge >= 0.3 is 6.03 Å². The van der Waals surface area contributed by atoms with E-state index in [4.69, 9.17) is 0 Å². The molecule has 0 aromatic heterocycles. The van der Waals surface area contributed by atoms with E-state index in [0.717, 1.165) is 38.8 Å². The number of amides is 3. The van der Waals surface area contributed by atoms with E-state index in [-0.39, 0.29) is 11.9 Å². The van der Waals surface area contributed by atoms with Crippen molar-refractivity contribution in [1.82, 2.24) is 15.1 Å². The van der Waals surface area contributed by atoms with E-state index in [1.54, 1.807) is 0 Å². The minimum Gasteiger partial charge on any atom is -0.323 e. The van der Waals surface area contributed by atoms with Crippen LogP contribution in [0.15, 0.2) is 30.3 Å². The van der Waals surface area contributed by atoms with Gasteiger partial charge in [-0.15, -0.1) is 0 Å². The van der Waals surface area contributed by atoms with Gasteiger partial charge in [0.25, 0.3) is 5.91 Å². The van der Waals surface area contributed by atoms with Crippen LogP contribution in [0.4, 0.5) is 4.79 Å². The molecule has 1 aromatic carbocycles. The zero-order valence-corrected chi connectivity index (χ0v) is 16.9. The van der Waals surface area contributed by atoms with Crippen molar-refractivity contribution in [3.8, 4) is 0 Å². The largest absolute Gasteiger partial charge is 0.326 e. The first-order valence-corrected chi connectivity index (χ1v) is 10.3. The molecule has 2 heterocycles. The highest BCUT2D eigenvalue weighted by molar-refractivity contribution is 6.06.